The maximum Gasteiger partial charge on any atom is 0.289 e. The molecule has 2 aromatic heterocycles. The molecule has 0 saturated carbocycles. The Balaban J connectivity index is 1.43. The second kappa shape index (κ2) is 8.32. The molecule has 30 heavy (non-hydrogen) atoms. The Morgan fingerprint density at radius 2 is 1.60 bits per heavy atom. The fourth-order valence-electron chi connectivity index (χ4n) is 3.27. The number of amides is 2. The van der Waals surface area contributed by atoms with Crippen LogP contribution in [0.4, 0.5) is 4.39 Å². The Morgan fingerprint density at radius 3 is 2.23 bits per heavy atom. The third-order valence-corrected chi connectivity index (χ3v) is 4.92. The van der Waals surface area contributed by atoms with Crippen molar-refractivity contribution in [2.45, 2.75) is 6.54 Å². The average Bonchev–Trinajstić information content (AvgIpc) is 3.31. The highest BCUT2D eigenvalue weighted by molar-refractivity contribution is 5.93. The highest BCUT2D eigenvalue weighted by atomic mass is 19.1. The summed E-state index contributed by atoms with van der Waals surface area (Å²) < 4.78 is 19.4. The van der Waals surface area contributed by atoms with Gasteiger partial charge in [0.25, 0.3) is 17.4 Å². The minimum absolute atomic E-state index is 0.131. The first-order valence-electron chi connectivity index (χ1n) is 9.46. The van der Waals surface area contributed by atoms with Gasteiger partial charge < -0.3 is 14.2 Å². The van der Waals surface area contributed by atoms with E-state index in [1.54, 1.807) is 34.1 Å². The van der Waals surface area contributed by atoms with Crippen LogP contribution in [0, 0.1) is 5.82 Å². The molecule has 9 heteroatoms. The molecule has 1 aromatic carbocycles. The molecular weight excluding hydrogens is 391 g/mol. The van der Waals surface area contributed by atoms with Crippen LogP contribution in [0.15, 0.2) is 64.0 Å². The van der Waals surface area contributed by atoms with Crippen molar-refractivity contribution in [2.75, 3.05) is 26.2 Å². The molecule has 0 unspecified atom stereocenters. The largest absolute Gasteiger partial charge is 0.459 e. The molecule has 3 aromatic rings. The van der Waals surface area contributed by atoms with E-state index in [2.05, 4.69) is 5.10 Å². The van der Waals surface area contributed by atoms with E-state index in [4.69, 9.17) is 4.42 Å². The predicted octanol–water partition coefficient (Wildman–Crippen LogP) is 1.62. The molecule has 3 heterocycles. The van der Waals surface area contributed by atoms with E-state index in [0.29, 0.717) is 31.7 Å². The van der Waals surface area contributed by atoms with Gasteiger partial charge in [-0.15, -0.1) is 0 Å². The van der Waals surface area contributed by atoms with Crippen LogP contribution in [0.3, 0.4) is 0 Å². The lowest BCUT2D eigenvalue weighted by atomic mass is 10.2. The minimum atomic E-state index is -0.368. The van der Waals surface area contributed by atoms with Crippen molar-refractivity contribution in [3.63, 3.8) is 0 Å². The molecule has 0 aliphatic carbocycles. The van der Waals surface area contributed by atoms with Gasteiger partial charge in [0.15, 0.2) is 5.76 Å². The first kappa shape index (κ1) is 19.6. The summed E-state index contributed by atoms with van der Waals surface area (Å²) in [5, 5.41) is 4.18. The van der Waals surface area contributed by atoms with Crippen LogP contribution in [0.5, 0.6) is 0 Å². The molecule has 0 spiro atoms. The van der Waals surface area contributed by atoms with Gasteiger partial charge in [0.2, 0.25) is 0 Å². The molecule has 0 radical (unpaired) electrons. The van der Waals surface area contributed by atoms with Crippen LogP contribution in [0.1, 0.15) is 26.6 Å². The SMILES string of the molecule is O=C(c1ccc(=O)n(Cc2ccc(F)cc2)n1)N1CCN(C(=O)c2ccco2)CC1. The topological polar surface area (TPSA) is 88.7 Å². The third-order valence-electron chi connectivity index (χ3n) is 4.92. The summed E-state index contributed by atoms with van der Waals surface area (Å²) in [6, 6.07) is 11.7. The summed E-state index contributed by atoms with van der Waals surface area (Å²) >= 11 is 0. The Hall–Kier alpha value is -3.75. The van der Waals surface area contributed by atoms with E-state index < -0.39 is 0 Å². The number of hydrogen-bond acceptors (Lipinski definition) is 5. The third kappa shape index (κ3) is 4.14. The maximum absolute atomic E-state index is 13.1. The molecule has 1 aliphatic rings. The van der Waals surface area contributed by atoms with Gasteiger partial charge in [-0.1, -0.05) is 12.1 Å². The zero-order valence-electron chi connectivity index (χ0n) is 16.0. The summed E-state index contributed by atoms with van der Waals surface area (Å²) in [6.07, 6.45) is 1.44. The van der Waals surface area contributed by atoms with Gasteiger partial charge in [-0.3, -0.25) is 14.4 Å². The van der Waals surface area contributed by atoms with E-state index in [9.17, 15) is 18.8 Å². The van der Waals surface area contributed by atoms with E-state index >= 15 is 0 Å². The second-order valence-electron chi connectivity index (χ2n) is 6.90. The number of nitrogens with zero attached hydrogens (tertiary/aromatic N) is 4. The molecule has 2 amide bonds. The molecule has 8 nitrogen and oxygen atoms in total. The minimum Gasteiger partial charge on any atom is -0.459 e. The molecule has 1 aliphatic heterocycles. The summed E-state index contributed by atoms with van der Waals surface area (Å²) in [6.45, 7) is 1.58. The van der Waals surface area contributed by atoms with Crippen molar-refractivity contribution < 1.29 is 18.4 Å². The number of halogens is 1. The van der Waals surface area contributed by atoms with Crippen LogP contribution in [0.2, 0.25) is 0 Å². The van der Waals surface area contributed by atoms with Gasteiger partial charge in [-0.2, -0.15) is 5.10 Å². The number of benzene rings is 1. The lowest BCUT2D eigenvalue weighted by Gasteiger charge is -2.34. The number of furan rings is 1. The van der Waals surface area contributed by atoms with Crippen molar-refractivity contribution in [1.82, 2.24) is 19.6 Å². The smallest absolute Gasteiger partial charge is 0.289 e. The number of rotatable bonds is 4. The van der Waals surface area contributed by atoms with Crippen molar-refractivity contribution in [3.05, 3.63) is 88.0 Å². The highest BCUT2D eigenvalue weighted by Gasteiger charge is 2.27. The van der Waals surface area contributed by atoms with Gasteiger partial charge in [0.05, 0.1) is 12.8 Å². The Bertz CT molecular complexity index is 1100. The molecule has 1 saturated heterocycles. The Morgan fingerprint density at radius 1 is 0.933 bits per heavy atom. The van der Waals surface area contributed by atoms with Gasteiger partial charge in [0.1, 0.15) is 11.5 Å². The van der Waals surface area contributed by atoms with E-state index in [0.717, 1.165) is 0 Å². The maximum atomic E-state index is 13.1. The van der Waals surface area contributed by atoms with Crippen molar-refractivity contribution in [1.29, 1.82) is 0 Å². The van der Waals surface area contributed by atoms with E-state index in [1.165, 1.54) is 35.2 Å². The van der Waals surface area contributed by atoms with Crippen LogP contribution >= 0.6 is 0 Å². The summed E-state index contributed by atoms with van der Waals surface area (Å²) in [5.41, 5.74) is 0.480. The first-order valence-corrected chi connectivity index (χ1v) is 9.46. The van der Waals surface area contributed by atoms with E-state index in [-0.39, 0.29) is 41.2 Å². The standard InChI is InChI=1S/C21H19FN4O4/c22-16-5-3-15(4-6-16)14-26-19(27)8-7-17(23-26)20(28)24-9-11-25(12-10-24)21(29)18-2-1-13-30-18/h1-8,13H,9-12,14H2. The van der Waals surface area contributed by atoms with Crippen LogP contribution in [-0.4, -0.2) is 57.6 Å². The van der Waals surface area contributed by atoms with Gasteiger partial charge >= 0.3 is 0 Å². The molecule has 0 bridgehead atoms. The zero-order valence-corrected chi connectivity index (χ0v) is 16.0. The molecular formula is C21H19FN4O4. The fourth-order valence-corrected chi connectivity index (χ4v) is 3.27. The number of carbonyl (C=O) groups excluding carboxylic acids is 2. The number of aromatic nitrogens is 2. The molecule has 1 fully saturated rings. The number of piperazine rings is 1. The monoisotopic (exact) mass is 410 g/mol. The average molecular weight is 410 g/mol. The van der Waals surface area contributed by atoms with Gasteiger partial charge in [-0.05, 0) is 35.9 Å². The quantitative estimate of drug-likeness (QED) is 0.652. The lowest BCUT2D eigenvalue weighted by molar-refractivity contribution is 0.0514. The van der Waals surface area contributed by atoms with Crippen LogP contribution in [0.25, 0.3) is 0 Å². The zero-order chi connectivity index (χ0) is 21.1. The highest BCUT2D eigenvalue weighted by Crippen LogP contribution is 2.11. The number of carbonyl (C=O) groups is 2. The molecule has 0 atom stereocenters. The van der Waals surface area contributed by atoms with Gasteiger partial charge in [-0.25, -0.2) is 9.07 Å². The summed E-state index contributed by atoms with van der Waals surface area (Å²) in [5.74, 6) is -0.622. The molecule has 154 valence electrons. The first-order chi connectivity index (χ1) is 14.5. The predicted molar refractivity (Wildman–Crippen MR) is 105 cm³/mol. The van der Waals surface area contributed by atoms with Gasteiger partial charge in [0, 0.05) is 32.2 Å². The lowest BCUT2D eigenvalue weighted by Crippen LogP contribution is -2.50. The molecule has 4 rings (SSSR count). The summed E-state index contributed by atoms with van der Waals surface area (Å²) in [7, 11) is 0. The van der Waals surface area contributed by atoms with E-state index in [1.807, 2.05) is 0 Å². The Kier molecular flexibility index (Phi) is 5.42. The Labute approximate surface area is 171 Å². The van der Waals surface area contributed by atoms with Crippen LogP contribution < -0.4 is 5.56 Å². The number of hydrogen-bond donors (Lipinski definition) is 0. The summed E-state index contributed by atoms with van der Waals surface area (Å²) in [4.78, 5) is 40.5. The molecule has 0 N–H and O–H groups in total. The van der Waals surface area contributed by atoms with Crippen molar-refractivity contribution >= 4 is 11.8 Å². The van der Waals surface area contributed by atoms with Crippen molar-refractivity contribution in [2.24, 2.45) is 0 Å². The second-order valence-corrected chi connectivity index (χ2v) is 6.90. The fraction of sp³-hybridized carbons (Fsp3) is 0.238. The van der Waals surface area contributed by atoms with Crippen LogP contribution in [-0.2, 0) is 6.54 Å². The normalized spacial score (nSPS) is 14.0. The van der Waals surface area contributed by atoms with Crippen molar-refractivity contribution in [3.8, 4) is 0 Å².